The minimum Gasteiger partial charge on any atom is -0.365 e. The molecule has 0 saturated heterocycles. The number of benzene rings is 4. The third-order valence-electron chi connectivity index (χ3n) is 16.9. The van der Waals surface area contributed by atoms with E-state index in [2.05, 4.69) is 173 Å². The molecule has 0 saturated carbocycles. The first-order valence-corrected chi connectivity index (χ1v) is 26.8. The number of ether oxygens (including phenoxy) is 1. The number of hydrogen-bond donors (Lipinski definition) is 2. The van der Waals surface area contributed by atoms with E-state index in [0.29, 0.717) is 18.7 Å². The summed E-state index contributed by atoms with van der Waals surface area (Å²) in [6.07, 6.45) is 14.9. The topological polar surface area (TPSA) is 105 Å². The van der Waals surface area contributed by atoms with Gasteiger partial charge in [-0.05, 0) is 119 Å². The van der Waals surface area contributed by atoms with Gasteiger partial charge in [0.15, 0.2) is 18.0 Å². The summed E-state index contributed by atoms with van der Waals surface area (Å²) in [5.74, 6) is -0.0875. The third kappa shape index (κ3) is 7.15. The largest absolute Gasteiger partial charge is 0.365 e. The molecule has 10 nitrogen and oxygen atoms in total. The average Bonchev–Trinajstić information content (AvgIpc) is 3.87. The van der Waals surface area contributed by atoms with Crippen LogP contribution in [0.4, 0.5) is 22.7 Å². The van der Waals surface area contributed by atoms with E-state index in [1.807, 2.05) is 18.2 Å². The van der Waals surface area contributed by atoms with Crippen molar-refractivity contribution in [3.8, 4) is 0 Å². The van der Waals surface area contributed by atoms with Gasteiger partial charge in [0, 0.05) is 106 Å². The van der Waals surface area contributed by atoms with Crippen molar-refractivity contribution in [3.05, 3.63) is 171 Å². The predicted molar refractivity (Wildman–Crippen MR) is 284 cm³/mol. The number of fused-ring (bicyclic) bond motifs is 10. The molecule has 2 unspecified atom stereocenters. The van der Waals surface area contributed by atoms with Crippen molar-refractivity contribution in [2.75, 3.05) is 36.5 Å². The summed E-state index contributed by atoms with van der Waals surface area (Å²) in [5.41, 5.74) is 18.5. The fourth-order valence-corrected chi connectivity index (χ4v) is 13.8. The van der Waals surface area contributed by atoms with E-state index < -0.39 is 15.5 Å². The molecule has 0 radical (unpaired) electrons. The number of likely N-dealkylation sites (N-methyl/N-ethyl adjacent to an activating group) is 1. The van der Waals surface area contributed by atoms with Gasteiger partial charge in [0.05, 0.1) is 27.9 Å². The van der Waals surface area contributed by atoms with Crippen LogP contribution in [-0.2, 0) is 43.1 Å². The molecular formula is C60H67N5O5S+2. The Morgan fingerprint density at radius 2 is 1.54 bits per heavy atom. The first kappa shape index (κ1) is 47.2. The van der Waals surface area contributed by atoms with Crippen molar-refractivity contribution in [2.45, 2.75) is 127 Å². The molecule has 11 heteroatoms. The normalized spacial score (nSPS) is 23.4. The van der Waals surface area contributed by atoms with Crippen LogP contribution in [0.15, 0.2) is 137 Å². The van der Waals surface area contributed by atoms with Gasteiger partial charge in [0.2, 0.25) is 11.4 Å². The smallest absolute Gasteiger partial charge is 0.294 e. The minimum atomic E-state index is -4.32. The highest BCUT2D eigenvalue weighted by molar-refractivity contribution is 7.85. The van der Waals surface area contributed by atoms with Crippen LogP contribution in [-0.4, -0.2) is 78.3 Å². The van der Waals surface area contributed by atoms with Gasteiger partial charge in [-0.25, -0.2) is 0 Å². The molecular weight excluding hydrogens is 903 g/mol. The molecule has 1 amide bonds. The zero-order valence-electron chi connectivity index (χ0n) is 43.1. The third-order valence-corrected chi connectivity index (χ3v) is 17.8. The van der Waals surface area contributed by atoms with Crippen LogP contribution < -0.4 is 15.1 Å². The van der Waals surface area contributed by atoms with Crippen LogP contribution in [0, 0.1) is 6.92 Å². The standard InChI is InChI=1S/C60H65N5O5S/c1-12-63-47-25-21-39(71(67,68)69)33-45(47)58(5,6)53(63)17-15-13-14-16-52-57(3,4)43-31-37(19-23-46(43)62(52)11)35-61-56(66)38-20-24-49-44(32-38)60(9,10)55-41-34-40-50(70-51(41)27-29-65(49)55)26-28-64-48-22-18-36(2)30-42(48)59(7,8)54(40)64/h13-25,30-34,50-51H,12,26-29,35H2,1-11H3/p+2. The van der Waals surface area contributed by atoms with Gasteiger partial charge in [-0.15, -0.1) is 0 Å². The second-order valence-electron chi connectivity index (χ2n) is 22.7. The number of nitrogens with zero attached hydrogens (tertiary/aromatic N) is 4. The average molecular weight is 970 g/mol. The molecule has 2 atom stereocenters. The van der Waals surface area contributed by atoms with E-state index in [1.165, 1.54) is 62.2 Å². The van der Waals surface area contributed by atoms with Crippen LogP contribution in [0.25, 0.3) is 0 Å². The van der Waals surface area contributed by atoms with Crippen molar-refractivity contribution in [3.63, 3.8) is 0 Å². The van der Waals surface area contributed by atoms with Crippen molar-refractivity contribution in [1.82, 2.24) is 5.32 Å². The van der Waals surface area contributed by atoms with Crippen molar-refractivity contribution < 1.29 is 31.7 Å². The van der Waals surface area contributed by atoms with Crippen LogP contribution in [0.3, 0.4) is 0 Å². The Kier molecular flexibility index (Phi) is 10.8. The summed E-state index contributed by atoms with van der Waals surface area (Å²) >= 11 is 0. The monoisotopic (exact) mass is 969 g/mol. The Hall–Kier alpha value is -6.14. The maximum absolute atomic E-state index is 14.1. The summed E-state index contributed by atoms with van der Waals surface area (Å²) in [5, 5.41) is 3.26. The highest BCUT2D eigenvalue weighted by Crippen LogP contribution is 2.55. The predicted octanol–water partition coefficient (Wildman–Crippen LogP) is 10.9. The van der Waals surface area contributed by atoms with E-state index >= 15 is 0 Å². The van der Waals surface area contributed by atoms with Crippen LogP contribution in [0.2, 0.25) is 0 Å². The number of aryl methyl sites for hydroxylation is 1. The Labute approximate surface area is 419 Å². The SMILES string of the molecule is CCN1/C(=C/C=C/C=C/C2=[N+](C)c3ccc(CNC(=O)c4ccc5c(c4)C(C)(C)C4=[N+]5CCC5OC6CCN7C(=C6C=C45)C(C)(C)c4cc(C)ccc47)cc3C2(C)C)C(C)(C)c2cc(S(=O)(=O)O)ccc21. The molecule has 71 heavy (non-hydrogen) atoms. The quantitative estimate of drug-likeness (QED) is 0.103. The zero-order valence-corrected chi connectivity index (χ0v) is 43.9. The number of carbonyl (C=O) groups excluding carboxylic acids is 1. The minimum absolute atomic E-state index is 0.0487. The lowest BCUT2D eigenvalue weighted by molar-refractivity contribution is -0.445. The van der Waals surface area contributed by atoms with Crippen LogP contribution >= 0.6 is 0 Å². The summed E-state index contributed by atoms with van der Waals surface area (Å²) in [6, 6.07) is 24.5. The van der Waals surface area contributed by atoms with E-state index in [0.717, 1.165) is 59.8 Å². The van der Waals surface area contributed by atoms with Gasteiger partial charge in [0.25, 0.3) is 16.0 Å². The highest BCUT2D eigenvalue weighted by Gasteiger charge is 2.55. The van der Waals surface area contributed by atoms with E-state index in [1.54, 1.807) is 12.1 Å². The second kappa shape index (κ2) is 16.2. The number of hydrogen-bond acceptors (Lipinski definition) is 6. The maximum Gasteiger partial charge on any atom is 0.294 e. The molecule has 7 aliphatic rings. The highest BCUT2D eigenvalue weighted by atomic mass is 32.2. The molecule has 7 heterocycles. The number of nitrogens with one attached hydrogen (secondary N) is 1. The van der Waals surface area contributed by atoms with Crippen LogP contribution in [0.1, 0.15) is 119 Å². The number of carbonyl (C=O) groups is 1. The molecule has 0 aromatic heterocycles. The van der Waals surface area contributed by atoms with Crippen LogP contribution in [0.5, 0.6) is 0 Å². The summed E-state index contributed by atoms with van der Waals surface area (Å²) in [7, 11) is -2.21. The van der Waals surface area contributed by atoms with E-state index in [-0.39, 0.29) is 39.3 Å². The van der Waals surface area contributed by atoms with Crippen molar-refractivity contribution in [1.29, 1.82) is 0 Å². The van der Waals surface area contributed by atoms with E-state index in [9.17, 15) is 17.8 Å². The molecule has 4 aromatic rings. The van der Waals surface area contributed by atoms with E-state index in [4.69, 9.17) is 4.74 Å². The summed E-state index contributed by atoms with van der Waals surface area (Å²) < 4.78 is 45.5. The van der Waals surface area contributed by atoms with Gasteiger partial charge < -0.3 is 19.9 Å². The summed E-state index contributed by atoms with van der Waals surface area (Å²) in [4.78, 5) is 18.7. The summed E-state index contributed by atoms with van der Waals surface area (Å²) in [6.45, 7) is 25.2. The maximum atomic E-state index is 14.1. The fourth-order valence-electron chi connectivity index (χ4n) is 13.3. The molecule has 366 valence electrons. The molecule has 0 aliphatic carbocycles. The van der Waals surface area contributed by atoms with Crippen molar-refractivity contribution >= 4 is 50.2 Å². The van der Waals surface area contributed by atoms with Gasteiger partial charge in [-0.2, -0.15) is 17.6 Å². The lowest BCUT2D eigenvalue weighted by Gasteiger charge is -2.42. The zero-order chi connectivity index (χ0) is 50.3. The molecule has 0 bridgehead atoms. The first-order valence-electron chi connectivity index (χ1n) is 25.3. The van der Waals surface area contributed by atoms with Crippen molar-refractivity contribution in [2.24, 2.45) is 0 Å². The number of rotatable bonds is 8. The number of amides is 1. The molecule has 11 rings (SSSR count). The molecule has 0 fully saturated rings. The lowest BCUT2D eigenvalue weighted by atomic mass is 9.73. The molecule has 7 aliphatic heterocycles. The first-order chi connectivity index (χ1) is 33.5. The fraction of sp³-hybridized carbons (Fsp3) is 0.383. The molecule has 4 aromatic carbocycles. The Bertz CT molecular complexity index is 3380. The lowest BCUT2D eigenvalue weighted by Crippen LogP contribution is -2.47. The second-order valence-corrected chi connectivity index (χ2v) is 24.1. The van der Waals surface area contributed by atoms with Gasteiger partial charge in [-0.3, -0.25) is 9.35 Å². The Morgan fingerprint density at radius 3 is 2.30 bits per heavy atom. The van der Waals surface area contributed by atoms with Gasteiger partial charge >= 0.3 is 0 Å². The Morgan fingerprint density at radius 1 is 0.803 bits per heavy atom. The Balaban J connectivity index is 0.785. The van der Waals surface area contributed by atoms with Gasteiger partial charge in [-0.1, -0.05) is 69.7 Å². The number of allylic oxidation sites excluding steroid dienone is 7. The number of anilines is 2. The van der Waals surface area contributed by atoms with Gasteiger partial charge in [0.1, 0.15) is 7.05 Å². The molecule has 2 N–H and O–H groups in total. The molecule has 0 spiro atoms.